The average molecular weight is 268 g/mol. The number of ether oxygens (including phenoxy) is 1. The van der Waals surface area contributed by atoms with Crippen molar-refractivity contribution in [3.8, 4) is 5.75 Å². The van der Waals surface area contributed by atoms with Crippen molar-refractivity contribution in [2.24, 2.45) is 0 Å². The zero-order chi connectivity index (χ0) is 14.5. The third-order valence-corrected chi connectivity index (χ3v) is 3.26. The Hall–Kier alpha value is -2.09. The standard InChI is InChI=1S/C18H20O2/c1-13(2)15-7-9-17(10-8-15)20-12-18(19)16-6-4-5-14(3)11-16/h4-11,13H,12H2,1-3H3. The molecule has 0 aliphatic rings. The fourth-order valence-electron chi connectivity index (χ4n) is 2.00. The Bertz CT molecular complexity index is 583. The van der Waals surface area contributed by atoms with Gasteiger partial charge in [-0.05, 0) is 36.6 Å². The highest BCUT2D eigenvalue weighted by atomic mass is 16.5. The molecule has 0 saturated carbocycles. The number of ketones is 1. The highest BCUT2D eigenvalue weighted by Crippen LogP contribution is 2.18. The van der Waals surface area contributed by atoms with E-state index in [0.717, 1.165) is 11.3 Å². The fraction of sp³-hybridized carbons (Fsp3) is 0.278. The van der Waals surface area contributed by atoms with Crippen LogP contribution in [-0.4, -0.2) is 12.4 Å². The van der Waals surface area contributed by atoms with Crippen LogP contribution in [0.1, 0.15) is 41.3 Å². The van der Waals surface area contributed by atoms with E-state index in [0.29, 0.717) is 11.5 Å². The Labute approximate surface area is 120 Å². The van der Waals surface area contributed by atoms with E-state index in [2.05, 4.69) is 13.8 Å². The van der Waals surface area contributed by atoms with E-state index in [1.54, 1.807) is 0 Å². The Morgan fingerprint density at radius 3 is 2.40 bits per heavy atom. The predicted octanol–water partition coefficient (Wildman–Crippen LogP) is 4.38. The van der Waals surface area contributed by atoms with Crippen LogP contribution in [0, 0.1) is 6.92 Å². The van der Waals surface area contributed by atoms with Gasteiger partial charge >= 0.3 is 0 Å². The van der Waals surface area contributed by atoms with Crippen molar-refractivity contribution in [1.29, 1.82) is 0 Å². The lowest BCUT2D eigenvalue weighted by molar-refractivity contribution is 0.0921. The molecule has 2 aromatic carbocycles. The minimum Gasteiger partial charge on any atom is -0.485 e. The Morgan fingerprint density at radius 2 is 1.80 bits per heavy atom. The number of carbonyl (C=O) groups is 1. The first-order valence-electron chi connectivity index (χ1n) is 6.89. The van der Waals surface area contributed by atoms with E-state index >= 15 is 0 Å². The molecule has 2 aromatic rings. The largest absolute Gasteiger partial charge is 0.485 e. The Kier molecular flexibility index (Phi) is 4.57. The van der Waals surface area contributed by atoms with Crippen molar-refractivity contribution in [1.82, 2.24) is 0 Å². The molecule has 0 aliphatic carbocycles. The van der Waals surface area contributed by atoms with Gasteiger partial charge in [-0.25, -0.2) is 0 Å². The molecular weight excluding hydrogens is 248 g/mol. The van der Waals surface area contributed by atoms with Crippen LogP contribution in [0.4, 0.5) is 0 Å². The first kappa shape index (κ1) is 14.3. The van der Waals surface area contributed by atoms with Gasteiger partial charge in [0.1, 0.15) is 5.75 Å². The van der Waals surface area contributed by atoms with Crippen LogP contribution in [0.2, 0.25) is 0 Å². The lowest BCUT2D eigenvalue weighted by atomic mass is 10.0. The topological polar surface area (TPSA) is 26.3 Å². The summed E-state index contributed by atoms with van der Waals surface area (Å²) in [5.41, 5.74) is 3.04. The molecule has 0 aliphatic heterocycles. The summed E-state index contributed by atoms with van der Waals surface area (Å²) in [7, 11) is 0. The van der Waals surface area contributed by atoms with Crippen LogP contribution < -0.4 is 4.74 Å². The Balaban J connectivity index is 1.96. The molecule has 2 rings (SSSR count). The van der Waals surface area contributed by atoms with Gasteiger partial charge < -0.3 is 4.74 Å². The van der Waals surface area contributed by atoms with Crippen LogP contribution in [0.25, 0.3) is 0 Å². The quantitative estimate of drug-likeness (QED) is 0.752. The van der Waals surface area contributed by atoms with E-state index in [-0.39, 0.29) is 12.4 Å². The van der Waals surface area contributed by atoms with Crippen molar-refractivity contribution in [3.63, 3.8) is 0 Å². The number of rotatable bonds is 5. The van der Waals surface area contributed by atoms with E-state index < -0.39 is 0 Å². The minimum absolute atomic E-state index is 0.00151. The second kappa shape index (κ2) is 6.38. The molecule has 0 heterocycles. The van der Waals surface area contributed by atoms with Crippen LogP contribution >= 0.6 is 0 Å². The Morgan fingerprint density at radius 1 is 1.10 bits per heavy atom. The molecule has 0 fully saturated rings. The number of hydrogen-bond donors (Lipinski definition) is 0. The number of carbonyl (C=O) groups excluding carboxylic acids is 1. The van der Waals surface area contributed by atoms with Gasteiger partial charge in [-0.3, -0.25) is 4.79 Å². The van der Waals surface area contributed by atoms with Gasteiger partial charge in [-0.15, -0.1) is 0 Å². The van der Waals surface area contributed by atoms with Crippen LogP contribution in [0.5, 0.6) is 5.75 Å². The van der Waals surface area contributed by atoms with Gasteiger partial charge in [0.05, 0.1) is 0 Å². The normalized spacial score (nSPS) is 10.6. The molecule has 0 radical (unpaired) electrons. The van der Waals surface area contributed by atoms with Gasteiger partial charge in [0, 0.05) is 5.56 Å². The summed E-state index contributed by atoms with van der Waals surface area (Å²) in [6, 6.07) is 15.5. The van der Waals surface area contributed by atoms with Crippen LogP contribution in [0.15, 0.2) is 48.5 Å². The maximum Gasteiger partial charge on any atom is 0.200 e. The first-order valence-corrected chi connectivity index (χ1v) is 6.89. The monoisotopic (exact) mass is 268 g/mol. The summed E-state index contributed by atoms with van der Waals surface area (Å²) in [5.74, 6) is 1.23. The maximum atomic E-state index is 12.0. The van der Waals surface area contributed by atoms with E-state index in [9.17, 15) is 4.79 Å². The summed E-state index contributed by atoms with van der Waals surface area (Å²) in [6.07, 6.45) is 0. The fourth-order valence-corrected chi connectivity index (χ4v) is 2.00. The maximum absolute atomic E-state index is 12.0. The zero-order valence-corrected chi connectivity index (χ0v) is 12.2. The summed E-state index contributed by atoms with van der Waals surface area (Å²) in [6.45, 7) is 6.35. The van der Waals surface area contributed by atoms with E-state index in [1.807, 2.05) is 55.5 Å². The van der Waals surface area contributed by atoms with Crippen molar-refractivity contribution in [3.05, 3.63) is 65.2 Å². The molecule has 104 valence electrons. The summed E-state index contributed by atoms with van der Waals surface area (Å²) < 4.78 is 5.55. The molecule has 0 amide bonds. The molecule has 0 bridgehead atoms. The zero-order valence-electron chi connectivity index (χ0n) is 12.2. The van der Waals surface area contributed by atoms with Crippen LogP contribution in [0.3, 0.4) is 0 Å². The van der Waals surface area contributed by atoms with Crippen molar-refractivity contribution >= 4 is 5.78 Å². The average Bonchev–Trinajstić information content (AvgIpc) is 2.45. The molecule has 0 spiro atoms. The third kappa shape index (κ3) is 3.70. The molecular formula is C18H20O2. The summed E-state index contributed by atoms with van der Waals surface area (Å²) in [5, 5.41) is 0. The van der Waals surface area contributed by atoms with Crippen molar-refractivity contribution in [2.45, 2.75) is 26.7 Å². The summed E-state index contributed by atoms with van der Waals surface area (Å²) in [4.78, 5) is 12.0. The lowest BCUT2D eigenvalue weighted by Gasteiger charge is -2.08. The van der Waals surface area contributed by atoms with E-state index in [4.69, 9.17) is 4.74 Å². The van der Waals surface area contributed by atoms with Crippen LogP contribution in [-0.2, 0) is 0 Å². The second-order valence-corrected chi connectivity index (χ2v) is 5.31. The number of aryl methyl sites for hydroxylation is 1. The molecule has 0 N–H and O–H groups in total. The molecule has 0 atom stereocenters. The number of Topliss-reactive ketones (excluding diaryl/α,β-unsaturated/α-hetero) is 1. The minimum atomic E-state index is 0.00151. The number of benzene rings is 2. The molecule has 0 unspecified atom stereocenters. The molecule has 20 heavy (non-hydrogen) atoms. The third-order valence-electron chi connectivity index (χ3n) is 3.26. The highest BCUT2D eigenvalue weighted by Gasteiger charge is 2.07. The van der Waals surface area contributed by atoms with Gasteiger partial charge in [-0.1, -0.05) is 49.7 Å². The van der Waals surface area contributed by atoms with Gasteiger partial charge in [-0.2, -0.15) is 0 Å². The predicted molar refractivity (Wildman–Crippen MR) is 81.5 cm³/mol. The lowest BCUT2D eigenvalue weighted by Crippen LogP contribution is -2.11. The van der Waals surface area contributed by atoms with Gasteiger partial charge in [0.2, 0.25) is 0 Å². The van der Waals surface area contributed by atoms with Crippen molar-refractivity contribution in [2.75, 3.05) is 6.61 Å². The highest BCUT2D eigenvalue weighted by molar-refractivity contribution is 5.97. The second-order valence-electron chi connectivity index (χ2n) is 5.31. The van der Waals surface area contributed by atoms with E-state index in [1.165, 1.54) is 5.56 Å². The number of hydrogen-bond acceptors (Lipinski definition) is 2. The molecule has 2 nitrogen and oxygen atoms in total. The van der Waals surface area contributed by atoms with Crippen molar-refractivity contribution < 1.29 is 9.53 Å². The molecule has 0 saturated heterocycles. The molecule has 0 aromatic heterocycles. The molecule has 2 heteroatoms. The SMILES string of the molecule is Cc1cccc(C(=O)COc2ccc(C(C)C)cc2)c1. The van der Waals surface area contributed by atoms with Gasteiger partial charge in [0.15, 0.2) is 12.4 Å². The smallest absolute Gasteiger partial charge is 0.200 e. The summed E-state index contributed by atoms with van der Waals surface area (Å²) >= 11 is 0. The first-order chi connectivity index (χ1) is 9.56. The van der Waals surface area contributed by atoms with Gasteiger partial charge in [0.25, 0.3) is 0 Å².